The highest BCUT2D eigenvalue weighted by molar-refractivity contribution is 4.77. The van der Waals surface area contributed by atoms with E-state index in [0.29, 0.717) is 6.54 Å². The van der Waals surface area contributed by atoms with Crippen molar-refractivity contribution in [2.45, 2.75) is 45.3 Å². The van der Waals surface area contributed by atoms with Crippen molar-refractivity contribution < 1.29 is 10.2 Å². The summed E-state index contributed by atoms with van der Waals surface area (Å²) in [6.07, 6.45) is 1.56. The summed E-state index contributed by atoms with van der Waals surface area (Å²) in [5.41, 5.74) is 0.0604. The van der Waals surface area contributed by atoms with Crippen LogP contribution in [0.5, 0.6) is 0 Å². The Morgan fingerprint density at radius 2 is 2.00 bits per heavy atom. The molecule has 0 fully saturated rings. The maximum absolute atomic E-state index is 9.08. The number of β-amino-alcohol motifs (C(OH)–C–C–N with tert-alkyl or cyclic N) is 1. The molecule has 0 aliphatic heterocycles. The van der Waals surface area contributed by atoms with Crippen LogP contribution < -0.4 is 5.32 Å². The highest BCUT2D eigenvalue weighted by atomic mass is 16.3. The molecule has 0 rings (SSSR count). The van der Waals surface area contributed by atoms with E-state index < -0.39 is 6.10 Å². The smallest absolute Gasteiger partial charge is 0.0895 e. The highest BCUT2D eigenvalue weighted by Crippen LogP contribution is 2.09. The van der Waals surface area contributed by atoms with E-state index in [9.17, 15) is 0 Å². The monoisotopic (exact) mass is 175 g/mol. The van der Waals surface area contributed by atoms with Gasteiger partial charge in [0.05, 0.1) is 12.7 Å². The Hall–Kier alpha value is -0.120. The third-order valence-corrected chi connectivity index (χ3v) is 1.90. The fraction of sp³-hybridized carbons (Fsp3) is 1.00. The Morgan fingerprint density at radius 3 is 2.42 bits per heavy atom. The largest absolute Gasteiger partial charge is 0.394 e. The average molecular weight is 175 g/mol. The van der Waals surface area contributed by atoms with Crippen molar-refractivity contribution in [3.05, 3.63) is 0 Å². The topological polar surface area (TPSA) is 52.5 Å². The Kier molecular flexibility index (Phi) is 5.46. The molecule has 0 aromatic rings. The SMILES string of the molecule is CCCC(C)(C)NC[C@H](O)CO. The van der Waals surface area contributed by atoms with Gasteiger partial charge in [-0.05, 0) is 20.3 Å². The van der Waals surface area contributed by atoms with E-state index >= 15 is 0 Å². The third kappa shape index (κ3) is 5.52. The van der Waals surface area contributed by atoms with Gasteiger partial charge < -0.3 is 15.5 Å². The molecule has 0 saturated heterocycles. The van der Waals surface area contributed by atoms with E-state index in [1.54, 1.807) is 0 Å². The summed E-state index contributed by atoms with van der Waals surface area (Å²) in [5.74, 6) is 0. The van der Waals surface area contributed by atoms with Crippen molar-refractivity contribution in [3.8, 4) is 0 Å². The molecule has 0 aromatic carbocycles. The van der Waals surface area contributed by atoms with Crippen LogP contribution in [0.3, 0.4) is 0 Å². The lowest BCUT2D eigenvalue weighted by Crippen LogP contribution is -2.44. The molecule has 0 amide bonds. The molecule has 0 saturated carbocycles. The Labute approximate surface area is 74.8 Å². The lowest BCUT2D eigenvalue weighted by atomic mass is 9.99. The van der Waals surface area contributed by atoms with E-state index in [-0.39, 0.29) is 12.1 Å². The Morgan fingerprint density at radius 1 is 1.42 bits per heavy atom. The number of hydrogen-bond acceptors (Lipinski definition) is 3. The summed E-state index contributed by atoms with van der Waals surface area (Å²) in [5, 5.41) is 20.8. The van der Waals surface area contributed by atoms with Crippen LogP contribution in [0.25, 0.3) is 0 Å². The molecule has 3 nitrogen and oxygen atoms in total. The van der Waals surface area contributed by atoms with Gasteiger partial charge in [-0.3, -0.25) is 0 Å². The quantitative estimate of drug-likeness (QED) is 0.551. The first-order chi connectivity index (χ1) is 5.52. The molecular weight excluding hydrogens is 154 g/mol. The highest BCUT2D eigenvalue weighted by Gasteiger charge is 2.16. The van der Waals surface area contributed by atoms with Crippen molar-refractivity contribution in [1.29, 1.82) is 0 Å². The minimum absolute atomic E-state index is 0.0604. The number of aliphatic hydroxyl groups excluding tert-OH is 2. The molecule has 0 aromatic heterocycles. The van der Waals surface area contributed by atoms with E-state index in [1.165, 1.54) is 0 Å². The van der Waals surface area contributed by atoms with Crippen LogP contribution in [-0.2, 0) is 0 Å². The molecular formula is C9H21NO2. The first-order valence-corrected chi connectivity index (χ1v) is 4.56. The van der Waals surface area contributed by atoms with Gasteiger partial charge in [-0.1, -0.05) is 13.3 Å². The van der Waals surface area contributed by atoms with E-state index in [4.69, 9.17) is 10.2 Å². The first kappa shape index (κ1) is 11.9. The normalized spacial score (nSPS) is 14.8. The van der Waals surface area contributed by atoms with Crippen LogP contribution in [0.2, 0.25) is 0 Å². The number of nitrogens with one attached hydrogen (secondary N) is 1. The van der Waals surface area contributed by atoms with Crippen LogP contribution in [0.1, 0.15) is 33.6 Å². The van der Waals surface area contributed by atoms with Crippen molar-refractivity contribution in [1.82, 2.24) is 5.32 Å². The molecule has 12 heavy (non-hydrogen) atoms. The van der Waals surface area contributed by atoms with Crippen molar-refractivity contribution in [3.63, 3.8) is 0 Å². The molecule has 0 heterocycles. The van der Waals surface area contributed by atoms with E-state index in [2.05, 4.69) is 26.1 Å². The van der Waals surface area contributed by atoms with Gasteiger partial charge in [0.2, 0.25) is 0 Å². The van der Waals surface area contributed by atoms with Crippen molar-refractivity contribution in [2.75, 3.05) is 13.2 Å². The number of rotatable bonds is 6. The lowest BCUT2D eigenvalue weighted by Gasteiger charge is -2.26. The molecule has 74 valence electrons. The summed E-state index contributed by atoms with van der Waals surface area (Å²) in [4.78, 5) is 0. The molecule has 0 spiro atoms. The van der Waals surface area contributed by atoms with Crippen molar-refractivity contribution >= 4 is 0 Å². The molecule has 3 N–H and O–H groups in total. The van der Waals surface area contributed by atoms with Crippen LogP contribution in [-0.4, -0.2) is 35.0 Å². The molecule has 1 atom stereocenters. The molecule has 0 bridgehead atoms. The molecule has 0 aliphatic carbocycles. The van der Waals surface area contributed by atoms with Gasteiger partial charge in [0.1, 0.15) is 0 Å². The summed E-state index contributed by atoms with van der Waals surface area (Å²) in [6.45, 7) is 6.62. The second kappa shape index (κ2) is 5.51. The Balaban J connectivity index is 3.59. The number of hydrogen-bond donors (Lipinski definition) is 3. The zero-order valence-corrected chi connectivity index (χ0v) is 8.30. The van der Waals surface area contributed by atoms with Crippen LogP contribution in [0, 0.1) is 0 Å². The zero-order valence-electron chi connectivity index (χ0n) is 8.30. The minimum Gasteiger partial charge on any atom is -0.394 e. The molecule has 0 unspecified atom stereocenters. The molecule has 3 heteroatoms. The minimum atomic E-state index is -0.638. The fourth-order valence-corrected chi connectivity index (χ4v) is 1.17. The third-order valence-electron chi connectivity index (χ3n) is 1.90. The van der Waals surface area contributed by atoms with E-state index in [1.807, 2.05) is 0 Å². The van der Waals surface area contributed by atoms with Gasteiger partial charge >= 0.3 is 0 Å². The van der Waals surface area contributed by atoms with Gasteiger partial charge in [0, 0.05) is 12.1 Å². The summed E-state index contributed by atoms with van der Waals surface area (Å²) in [6, 6.07) is 0. The van der Waals surface area contributed by atoms with Crippen LogP contribution in [0.15, 0.2) is 0 Å². The predicted octanol–water partition coefficient (Wildman–Crippen LogP) is 0.508. The Bertz CT molecular complexity index is 115. The molecule has 0 aliphatic rings. The van der Waals surface area contributed by atoms with Crippen LogP contribution in [0.4, 0.5) is 0 Å². The average Bonchev–Trinajstić information content (AvgIpc) is 2.00. The number of aliphatic hydroxyl groups is 2. The van der Waals surface area contributed by atoms with Gasteiger partial charge in [-0.15, -0.1) is 0 Å². The predicted molar refractivity (Wildman–Crippen MR) is 50.1 cm³/mol. The van der Waals surface area contributed by atoms with Gasteiger partial charge in [0.25, 0.3) is 0 Å². The van der Waals surface area contributed by atoms with Gasteiger partial charge in [-0.2, -0.15) is 0 Å². The summed E-state index contributed by atoms with van der Waals surface area (Å²) in [7, 11) is 0. The van der Waals surface area contributed by atoms with Crippen molar-refractivity contribution in [2.24, 2.45) is 0 Å². The van der Waals surface area contributed by atoms with Gasteiger partial charge in [0.15, 0.2) is 0 Å². The summed E-state index contributed by atoms with van der Waals surface area (Å²) < 4.78 is 0. The standard InChI is InChI=1S/C9H21NO2/c1-4-5-9(2,3)10-6-8(12)7-11/h8,10-12H,4-7H2,1-3H3/t8-/m0/s1. The second-order valence-corrected chi connectivity index (χ2v) is 3.85. The summed E-state index contributed by atoms with van der Waals surface area (Å²) >= 11 is 0. The maximum atomic E-state index is 9.08. The first-order valence-electron chi connectivity index (χ1n) is 4.56. The van der Waals surface area contributed by atoms with E-state index in [0.717, 1.165) is 12.8 Å². The van der Waals surface area contributed by atoms with Crippen LogP contribution >= 0.6 is 0 Å². The zero-order chi connectivity index (χ0) is 9.61. The lowest BCUT2D eigenvalue weighted by molar-refractivity contribution is 0.0871. The van der Waals surface area contributed by atoms with Gasteiger partial charge in [-0.25, -0.2) is 0 Å². The maximum Gasteiger partial charge on any atom is 0.0895 e. The second-order valence-electron chi connectivity index (χ2n) is 3.85. The molecule has 0 radical (unpaired) electrons. The fourth-order valence-electron chi connectivity index (χ4n) is 1.17.